The summed E-state index contributed by atoms with van der Waals surface area (Å²) in [6, 6.07) is 13.1. The number of sulfone groups is 1. The molecule has 0 bridgehead atoms. The third kappa shape index (κ3) is 4.08. The molecule has 1 heterocycles. The number of methoxy groups -OCH3 is 1. The summed E-state index contributed by atoms with van der Waals surface area (Å²) < 4.78 is 32.3. The fourth-order valence-corrected chi connectivity index (χ4v) is 6.96. The van der Waals surface area contributed by atoms with Crippen LogP contribution in [0.1, 0.15) is 62.1 Å². The number of unbranched alkanes of at least 4 members (excludes halogenated alkanes) is 1. The zero-order chi connectivity index (χ0) is 21.2. The standard InChI is InChI=1S/C24H32O4S/c1-5-7-13-24(6-2)16-29(26,27)21-12-11-19(28-4)15-20(21)22(23(24)25)18-10-8-9-17(3)14-18/h8-12,14-15,22-23,25H,5-7,13,16H2,1-4H3/t22-,23?,24-/m1/s1. The number of benzene rings is 2. The summed E-state index contributed by atoms with van der Waals surface area (Å²) >= 11 is 0. The summed E-state index contributed by atoms with van der Waals surface area (Å²) in [4.78, 5) is 0.315. The van der Waals surface area contributed by atoms with Crippen molar-refractivity contribution < 1.29 is 18.3 Å². The molecule has 2 aromatic rings. The molecule has 0 saturated carbocycles. The summed E-state index contributed by atoms with van der Waals surface area (Å²) in [5.41, 5.74) is 1.98. The first-order valence-electron chi connectivity index (χ1n) is 10.4. The largest absolute Gasteiger partial charge is 0.497 e. The van der Waals surface area contributed by atoms with Crippen molar-refractivity contribution in [2.24, 2.45) is 5.41 Å². The van der Waals surface area contributed by atoms with Gasteiger partial charge in [-0.25, -0.2) is 8.42 Å². The van der Waals surface area contributed by atoms with Gasteiger partial charge < -0.3 is 9.84 Å². The molecule has 0 spiro atoms. The third-order valence-electron chi connectivity index (χ3n) is 6.44. The highest BCUT2D eigenvalue weighted by atomic mass is 32.2. The molecule has 2 aromatic carbocycles. The Morgan fingerprint density at radius 1 is 1.17 bits per heavy atom. The van der Waals surface area contributed by atoms with E-state index in [1.54, 1.807) is 25.3 Å². The van der Waals surface area contributed by atoms with Crippen LogP contribution in [-0.2, 0) is 9.84 Å². The molecule has 3 rings (SSSR count). The second-order valence-corrected chi connectivity index (χ2v) is 10.3. The van der Waals surface area contributed by atoms with Crippen molar-refractivity contribution in [3.8, 4) is 5.75 Å². The Balaban J connectivity index is 2.31. The number of fused-ring (bicyclic) bond motifs is 1. The van der Waals surface area contributed by atoms with Crippen molar-refractivity contribution in [2.75, 3.05) is 12.9 Å². The second-order valence-electron chi connectivity index (χ2n) is 8.32. The Hall–Kier alpha value is -1.85. The molecule has 0 aliphatic carbocycles. The van der Waals surface area contributed by atoms with E-state index in [4.69, 9.17) is 4.74 Å². The molecule has 29 heavy (non-hydrogen) atoms. The van der Waals surface area contributed by atoms with Crippen LogP contribution >= 0.6 is 0 Å². The van der Waals surface area contributed by atoms with Gasteiger partial charge in [0.2, 0.25) is 0 Å². The lowest BCUT2D eigenvalue weighted by molar-refractivity contribution is 0.0174. The molecule has 0 fully saturated rings. The SMILES string of the molecule is CCCC[C@]1(CC)CS(=O)(=O)c2ccc(OC)cc2[C@@H](c2cccc(C)c2)C1O. The van der Waals surface area contributed by atoms with Gasteiger partial charge in [-0.05, 0) is 49.1 Å². The van der Waals surface area contributed by atoms with Crippen molar-refractivity contribution >= 4 is 9.84 Å². The van der Waals surface area contributed by atoms with Crippen LogP contribution in [0.4, 0.5) is 0 Å². The molecular weight excluding hydrogens is 384 g/mol. The van der Waals surface area contributed by atoms with Gasteiger partial charge >= 0.3 is 0 Å². The van der Waals surface area contributed by atoms with E-state index in [1.807, 2.05) is 32.0 Å². The number of aliphatic hydroxyl groups excluding tert-OH is 1. The number of aliphatic hydroxyl groups is 1. The summed E-state index contributed by atoms with van der Waals surface area (Å²) in [5, 5.41) is 11.8. The van der Waals surface area contributed by atoms with Crippen LogP contribution in [0.25, 0.3) is 0 Å². The molecule has 1 unspecified atom stereocenters. The summed E-state index contributed by atoms with van der Waals surface area (Å²) in [6.07, 6.45) is 2.35. The fraction of sp³-hybridized carbons (Fsp3) is 0.500. The quantitative estimate of drug-likeness (QED) is 0.730. The number of aryl methyl sites for hydroxylation is 1. The van der Waals surface area contributed by atoms with Gasteiger partial charge in [0.1, 0.15) is 5.75 Å². The van der Waals surface area contributed by atoms with E-state index >= 15 is 0 Å². The van der Waals surface area contributed by atoms with Crippen LogP contribution in [-0.4, -0.2) is 32.5 Å². The highest BCUT2D eigenvalue weighted by molar-refractivity contribution is 7.91. The number of rotatable bonds is 6. The van der Waals surface area contributed by atoms with Gasteiger partial charge in [0.05, 0.1) is 23.9 Å². The van der Waals surface area contributed by atoms with Crippen molar-refractivity contribution in [2.45, 2.75) is 63.4 Å². The molecule has 0 saturated heterocycles. The van der Waals surface area contributed by atoms with Crippen LogP contribution in [0.5, 0.6) is 5.75 Å². The van der Waals surface area contributed by atoms with Crippen molar-refractivity contribution in [1.82, 2.24) is 0 Å². The maximum absolute atomic E-state index is 13.5. The molecule has 4 nitrogen and oxygen atoms in total. The fourth-order valence-electron chi connectivity index (χ4n) is 4.71. The maximum Gasteiger partial charge on any atom is 0.179 e. The van der Waals surface area contributed by atoms with Crippen LogP contribution < -0.4 is 4.74 Å². The van der Waals surface area contributed by atoms with Gasteiger partial charge in [-0.2, -0.15) is 0 Å². The van der Waals surface area contributed by atoms with Crippen LogP contribution in [0.3, 0.4) is 0 Å². The Morgan fingerprint density at radius 3 is 2.55 bits per heavy atom. The first-order chi connectivity index (χ1) is 13.8. The minimum Gasteiger partial charge on any atom is -0.497 e. The third-order valence-corrected chi connectivity index (χ3v) is 8.44. The highest BCUT2D eigenvalue weighted by Crippen LogP contribution is 2.49. The Labute approximate surface area is 174 Å². The van der Waals surface area contributed by atoms with E-state index in [9.17, 15) is 13.5 Å². The lowest BCUT2D eigenvalue weighted by Crippen LogP contribution is -2.42. The Morgan fingerprint density at radius 2 is 1.93 bits per heavy atom. The molecule has 0 aromatic heterocycles. The lowest BCUT2D eigenvalue weighted by atomic mass is 9.69. The molecule has 1 N–H and O–H groups in total. The number of hydrogen-bond acceptors (Lipinski definition) is 4. The number of hydrogen-bond donors (Lipinski definition) is 1. The van der Waals surface area contributed by atoms with Crippen LogP contribution in [0, 0.1) is 12.3 Å². The zero-order valence-corrected chi connectivity index (χ0v) is 18.6. The normalized spacial score (nSPS) is 25.8. The van der Waals surface area contributed by atoms with Gasteiger partial charge in [-0.15, -0.1) is 0 Å². The molecule has 1 aliphatic rings. The molecular formula is C24H32O4S. The summed E-state index contributed by atoms with van der Waals surface area (Å²) in [6.45, 7) is 6.11. The van der Waals surface area contributed by atoms with E-state index in [0.717, 1.165) is 24.0 Å². The maximum atomic E-state index is 13.5. The van der Waals surface area contributed by atoms with Crippen molar-refractivity contribution in [3.63, 3.8) is 0 Å². The van der Waals surface area contributed by atoms with E-state index < -0.39 is 27.3 Å². The zero-order valence-electron chi connectivity index (χ0n) is 17.8. The van der Waals surface area contributed by atoms with Crippen LogP contribution in [0.15, 0.2) is 47.4 Å². The smallest absolute Gasteiger partial charge is 0.179 e. The topological polar surface area (TPSA) is 63.6 Å². The van der Waals surface area contributed by atoms with Crippen molar-refractivity contribution in [3.05, 3.63) is 59.2 Å². The molecule has 0 radical (unpaired) electrons. The number of ether oxygens (including phenoxy) is 1. The first-order valence-corrected chi connectivity index (χ1v) is 12.1. The van der Waals surface area contributed by atoms with Gasteiger partial charge in [0, 0.05) is 11.3 Å². The average molecular weight is 417 g/mol. The minimum absolute atomic E-state index is 0.0285. The Kier molecular flexibility index (Phi) is 6.39. The molecule has 0 amide bonds. The van der Waals surface area contributed by atoms with Gasteiger partial charge in [-0.1, -0.05) is 56.5 Å². The molecule has 3 atom stereocenters. The predicted octanol–water partition coefficient (Wildman–Crippen LogP) is 4.87. The van der Waals surface area contributed by atoms with Crippen LogP contribution in [0.2, 0.25) is 0 Å². The average Bonchev–Trinajstić information content (AvgIpc) is 2.77. The Bertz CT molecular complexity index is 967. The molecule has 158 valence electrons. The van der Waals surface area contributed by atoms with Crippen molar-refractivity contribution in [1.29, 1.82) is 0 Å². The minimum atomic E-state index is -3.55. The molecule has 5 heteroatoms. The van der Waals surface area contributed by atoms with E-state index in [0.29, 0.717) is 29.1 Å². The predicted molar refractivity (Wildman–Crippen MR) is 116 cm³/mol. The lowest BCUT2D eigenvalue weighted by Gasteiger charge is -2.39. The van der Waals surface area contributed by atoms with Gasteiger partial charge in [-0.3, -0.25) is 0 Å². The first kappa shape index (κ1) is 21.8. The van der Waals surface area contributed by atoms with E-state index in [-0.39, 0.29) is 5.75 Å². The summed E-state index contributed by atoms with van der Waals surface area (Å²) in [5.74, 6) is 0.148. The highest BCUT2D eigenvalue weighted by Gasteiger charge is 2.48. The van der Waals surface area contributed by atoms with E-state index in [1.165, 1.54) is 0 Å². The molecule has 1 aliphatic heterocycles. The van der Waals surface area contributed by atoms with Gasteiger partial charge in [0.15, 0.2) is 9.84 Å². The summed E-state index contributed by atoms with van der Waals surface area (Å²) in [7, 11) is -1.98. The second kappa shape index (κ2) is 8.49. The van der Waals surface area contributed by atoms with E-state index in [2.05, 4.69) is 13.0 Å². The monoisotopic (exact) mass is 416 g/mol. The van der Waals surface area contributed by atoms with Gasteiger partial charge in [0.25, 0.3) is 0 Å².